The van der Waals surface area contributed by atoms with Gasteiger partial charge in [-0.15, -0.1) is 0 Å². The highest BCUT2D eigenvalue weighted by Crippen LogP contribution is 2.19. The molecule has 2 aromatic rings. The van der Waals surface area contributed by atoms with E-state index in [0.29, 0.717) is 0 Å². The van der Waals surface area contributed by atoms with Gasteiger partial charge < -0.3 is 14.8 Å². The number of ether oxygens (including phenoxy) is 1. The lowest BCUT2D eigenvalue weighted by molar-refractivity contribution is 0.399. The molecule has 2 heterocycles. The molecule has 0 radical (unpaired) electrons. The third-order valence-electron chi connectivity index (χ3n) is 2.05. The molecule has 0 aliphatic carbocycles. The van der Waals surface area contributed by atoms with E-state index in [0.717, 1.165) is 29.6 Å². The zero-order valence-corrected chi connectivity index (χ0v) is 12.4. The van der Waals surface area contributed by atoms with Crippen LogP contribution in [0.3, 0.4) is 0 Å². The Bertz CT molecular complexity index is 490. The Morgan fingerprint density at radius 2 is 1.95 bits per heavy atom. The van der Waals surface area contributed by atoms with Gasteiger partial charge in [-0.2, -0.15) is 0 Å². The number of H-pyrrole nitrogens is 1. The zero-order valence-electron chi connectivity index (χ0n) is 12.4. The van der Waals surface area contributed by atoms with E-state index in [9.17, 15) is 0 Å². The molecular weight excluding hydrogens is 240 g/mol. The Hall–Kier alpha value is -1.81. The van der Waals surface area contributed by atoms with Crippen molar-refractivity contribution >= 4 is 17.1 Å². The number of hydrogen-bond donors (Lipinski definition) is 2. The number of aromatic nitrogens is 2. The number of rotatable bonds is 2. The van der Waals surface area contributed by atoms with Crippen LogP contribution in [0.4, 0.5) is 0 Å². The summed E-state index contributed by atoms with van der Waals surface area (Å²) in [6.07, 6.45) is 6.95. The summed E-state index contributed by atoms with van der Waals surface area (Å²) < 4.78 is 5.10. The van der Waals surface area contributed by atoms with Gasteiger partial charge in [0.1, 0.15) is 11.4 Å². The standard InChI is InChI=1S/C11H12N2O.C3H8.CH4O/c1-3-4-9-5-8-6-10(14-2)7-12-11(8)13-9;1-3-2;1-2/h3-7H,1-2H3,(H,12,13);3H2,1-2H3;2H,1H3/b4-3+;;. The van der Waals surface area contributed by atoms with Gasteiger partial charge >= 0.3 is 0 Å². The number of nitrogens with one attached hydrogen (secondary N) is 1. The third kappa shape index (κ3) is 5.57. The third-order valence-corrected chi connectivity index (χ3v) is 2.05. The summed E-state index contributed by atoms with van der Waals surface area (Å²) in [4.78, 5) is 7.43. The smallest absolute Gasteiger partial charge is 0.137 e. The molecule has 0 atom stereocenters. The first-order chi connectivity index (χ1) is 9.24. The van der Waals surface area contributed by atoms with Crippen LogP contribution in [0.25, 0.3) is 17.1 Å². The maximum absolute atomic E-state index is 7.00. The van der Waals surface area contributed by atoms with Gasteiger partial charge in [-0.3, -0.25) is 0 Å². The number of aliphatic hydroxyl groups excluding tert-OH is 1. The lowest BCUT2D eigenvalue weighted by Gasteiger charge is -1.96. The van der Waals surface area contributed by atoms with Crippen molar-refractivity contribution in [3.63, 3.8) is 0 Å². The summed E-state index contributed by atoms with van der Waals surface area (Å²) in [6, 6.07) is 4.01. The summed E-state index contributed by atoms with van der Waals surface area (Å²) in [5.74, 6) is 0.781. The van der Waals surface area contributed by atoms with Crippen LogP contribution in [0, 0.1) is 0 Å². The van der Waals surface area contributed by atoms with Gasteiger partial charge in [-0.05, 0) is 25.1 Å². The van der Waals surface area contributed by atoms with E-state index >= 15 is 0 Å². The minimum atomic E-state index is 0.781. The summed E-state index contributed by atoms with van der Waals surface area (Å²) in [6.45, 7) is 6.24. The van der Waals surface area contributed by atoms with Crippen LogP contribution in [-0.4, -0.2) is 29.3 Å². The lowest BCUT2D eigenvalue weighted by atomic mass is 10.3. The Morgan fingerprint density at radius 1 is 1.32 bits per heavy atom. The predicted molar refractivity (Wildman–Crippen MR) is 81.5 cm³/mol. The minimum absolute atomic E-state index is 0.781. The van der Waals surface area contributed by atoms with Gasteiger partial charge in [-0.25, -0.2) is 4.98 Å². The number of pyridine rings is 1. The molecule has 4 heteroatoms. The predicted octanol–water partition coefficient (Wildman–Crippen LogP) is 3.63. The Morgan fingerprint density at radius 3 is 2.47 bits per heavy atom. The monoisotopic (exact) mass is 264 g/mol. The van der Waals surface area contributed by atoms with Crippen molar-refractivity contribution in [2.24, 2.45) is 0 Å². The average molecular weight is 264 g/mol. The number of aliphatic hydroxyl groups is 1. The largest absolute Gasteiger partial charge is 0.495 e. The maximum atomic E-state index is 7.00. The number of methoxy groups -OCH3 is 1. The molecule has 4 nitrogen and oxygen atoms in total. The van der Waals surface area contributed by atoms with E-state index in [4.69, 9.17) is 9.84 Å². The van der Waals surface area contributed by atoms with Crippen molar-refractivity contribution in [1.82, 2.24) is 9.97 Å². The highest BCUT2D eigenvalue weighted by Gasteiger charge is 2.00. The second-order valence-electron chi connectivity index (χ2n) is 3.74. The molecule has 0 aliphatic heterocycles. The summed E-state index contributed by atoms with van der Waals surface area (Å²) in [7, 11) is 2.64. The van der Waals surface area contributed by atoms with Crippen molar-refractivity contribution in [3.8, 4) is 5.75 Å². The first kappa shape index (κ1) is 17.2. The molecule has 0 saturated heterocycles. The van der Waals surface area contributed by atoms with Crippen LogP contribution < -0.4 is 4.74 Å². The van der Waals surface area contributed by atoms with Gasteiger partial charge in [0.15, 0.2) is 0 Å². The Kier molecular flexibility index (Phi) is 9.18. The van der Waals surface area contributed by atoms with Crippen molar-refractivity contribution in [2.45, 2.75) is 27.2 Å². The van der Waals surface area contributed by atoms with E-state index in [1.54, 1.807) is 13.3 Å². The molecule has 2 rings (SSSR count). The fourth-order valence-corrected chi connectivity index (χ4v) is 1.40. The van der Waals surface area contributed by atoms with E-state index in [2.05, 4.69) is 23.8 Å². The lowest BCUT2D eigenvalue weighted by Crippen LogP contribution is -1.83. The second kappa shape index (κ2) is 10.1. The van der Waals surface area contributed by atoms with E-state index in [1.165, 1.54) is 6.42 Å². The highest BCUT2D eigenvalue weighted by molar-refractivity contribution is 5.80. The number of fused-ring (bicyclic) bond motifs is 1. The van der Waals surface area contributed by atoms with Gasteiger partial charge in [0.2, 0.25) is 0 Å². The molecule has 2 aromatic heterocycles. The Labute approximate surface area is 115 Å². The molecule has 0 aliphatic rings. The topological polar surface area (TPSA) is 58.1 Å². The van der Waals surface area contributed by atoms with Crippen LogP contribution in [-0.2, 0) is 0 Å². The summed E-state index contributed by atoms with van der Waals surface area (Å²) in [5, 5.41) is 8.07. The molecule has 0 saturated carbocycles. The molecule has 0 amide bonds. The molecule has 19 heavy (non-hydrogen) atoms. The Balaban J connectivity index is 0.000000573. The molecule has 0 fully saturated rings. The first-order valence-electron chi connectivity index (χ1n) is 6.35. The first-order valence-corrected chi connectivity index (χ1v) is 6.35. The summed E-state index contributed by atoms with van der Waals surface area (Å²) in [5.41, 5.74) is 1.95. The molecule has 0 bridgehead atoms. The maximum Gasteiger partial charge on any atom is 0.137 e. The van der Waals surface area contributed by atoms with Gasteiger partial charge in [0.05, 0.1) is 13.3 Å². The molecule has 0 unspecified atom stereocenters. The van der Waals surface area contributed by atoms with Crippen LogP contribution >= 0.6 is 0 Å². The highest BCUT2D eigenvalue weighted by atomic mass is 16.5. The minimum Gasteiger partial charge on any atom is -0.495 e. The fourth-order valence-electron chi connectivity index (χ4n) is 1.40. The van der Waals surface area contributed by atoms with Crippen LogP contribution in [0.1, 0.15) is 32.9 Å². The summed E-state index contributed by atoms with van der Waals surface area (Å²) >= 11 is 0. The zero-order chi connectivity index (χ0) is 14.7. The van der Waals surface area contributed by atoms with Crippen LogP contribution in [0.2, 0.25) is 0 Å². The number of aromatic amines is 1. The molecule has 0 aromatic carbocycles. The van der Waals surface area contributed by atoms with Gasteiger partial charge in [0.25, 0.3) is 0 Å². The number of allylic oxidation sites excluding steroid dienone is 1. The SMILES string of the molecule is C/C=C/c1cc2cc(OC)cnc2[nH]1.CCC.CO. The molecule has 106 valence electrons. The quantitative estimate of drug-likeness (QED) is 0.870. The van der Waals surface area contributed by atoms with Crippen LogP contribution in [0.5, 0.6) is 5.75 Å². The number of hydrogen-bond acceptors (Lipinski definition) is 3. The van der Waals surface area contributed by atoms with E-state index < -0.39 is 0 Å². The van der Waals surface area contributed by atoms with Crippen LogP contribution in [0.15, 0.2) is 24.4 Å². The average Bonchev–Trinajstić information content (AvgIpc) is 2.83. The van der Waals surface area contributed by atoms with Gasteiger partial charge in [0, 0.05) is 18.2 Å². The second-order valence-corrected chi connectivity index (χ2v) is 3.74. The van der Waals surface area contributed by atoms with E-state index in [1.807, 2.05) is 31.2 Å². The van der Waals surface area contributed by atoms with Gasteiger partial charge in [-0.1, -0.05) is 26.3 Å². The van der Waals surface area contributed by atoms with Crippen molar-refractivity contribution in [3.05, 3.63) is 30.1 Å². The molecule has 2 N–H and O–H groups in total. The fraction of sp³-hybridized carbons (Fsp3) is 0.400. The molecule has 0 spiro atoms. The van der Waals surface area contributed by atoms with Crippen molar-refractivity contribution in [1.29, 1.82) is 0 Å². The number of nitrogens with zero attached hydrogens (tertiary/aromatic N) is 1. The van der Waals surface area contributed by atoms with Crippen molar-refractivity contribution < 1.29 is 9.84 Å². The van der Waals surface area contributed by atoms with Crippen molar-refractivity contribution in [2.75, 3.05) is 14.2 Å². The normalized spacial score (nSPS) is 9.58. The molecular formula is C15H24N2O2. The van der Waals surface area contributed by atoms with E-state index in [-0.39, 0.29) is 0 Å².